The van der Waals surface area contributed by atoms with E-state index < -0.39 is 83.4 Å². The van der Waals surface area contributed by atoms with Crippen molar-refractivity contribution in [3.05, 3.63) is 34.9 Å². The average Bonchev–Trinajstić information content (AvgIpc) is 3.36. The summed E-state index contributed by atoms with van der Waals surface area (Å²) in [6.07, 6.45) is -3.03. The summed E-state index contributed by atoms with van der Waals surface area (Å²) >= 11 is 6.05. The summed E-state index contributed by atoms with van der Waals surface area (Å²) in [5.41, 5.74) is -2.16. The number of esters is 1. The fourth-order valence-corrected chi connectivity index (χ4v) is 8.26. The molecule has 0 unspecified atom stereocenters. The molecule has 0 saturated carbocycles. The van der Waals surface area contributed by atoms with Gasteiger partial charge in [-0.05, 0) is 78.7 Å². The van der Waals surface area contributed by atoms with Gasteiger partial charge in [-0.25, -0.2) is 4.79 Å². The van der Waals surface area contributed by atoms with Gasteiger partial charge >= 0.3 is 12.1 Å². The first kappa shape index (κ1) is 41.8. The van der Waals surface area contributed by atoms with Gasteiger partial charge in [0.2, 0.25) is 0 Å². The average molecular weight is 750 g/mol. The number of amides is 1. The van der Waals surface area contributed by atoms with Crippen LogP contribution in [0.1, 0.15) is 80.2 Å². The van der Waals surface area contributed by atoms with E-state index in [2.05, 4.69) is 5.10 Å². The summed E-state index contributed by atoms with van der Waals surface area (Å²) in [4.78, 5) is 58.1. The zero-order valence-corrected chi connectivity index (χ0v) is 33.0. The Bertz CT molecular complexity index is 1490. The molecule has 3 aliphatic rings. The number of rotatable bonds is 7. The number of Topliss-reactive ketones (excluding diaryl/α,β-unsaturated/α-hetero) is 2. The minimum atomic E-state index is -1.52. The lowest BCUT2D eigenvalue weighted by Crippen LogP contribution is -2.60. The molecule has 13 nitrogen and oxygen atoms in total. The number of carbonyl (C=O) groups is 4. The number of aliphatic hydroxyl groups is 1. The number of hydrazone groups is 1. The van der Waals surface area contributed by atoms with Crippen molar-refractivity contribution in [1.29, 1.82) is 0 Å². The molecular formula is C38H56ClN3O10. The summed E-state index contributed by atoms with van der Waals surface area (Å²) in [5.74, 6) is -5.31. The summed E-state index contributed by atoms with van der Waals surface area (Å²) in [6, 6.07) is 5.55. The molecule has 290 valence electrons. The lowest BCUT2D eigenvalue weighted by molar-refractivity contribution is -0.295. The molecule has 0 radical (unpaired) electrons. The van der Waals surface area contributed by atoms with E-state index in [9.17, 15) is 24.3 Å². The van der Waals surface area contributed by atoms with Crippen LogP contribution in [0.4, 0.5) is 4.79 Å². The van der Waals surface area contributed by atoms with Crippen molar-refractivity contribution in [1.82, 2.24) is 9.91 Å². The van der Waals surface area contributed by atoms with Gasteiger partial charge in [0.05, 0.1) is 24.0 Å². The van der Waals surface area contributed by atoms with Crippen LogP contribution in [0, 0.1) is 23.7 Å². The Morgan fingerprint density at radius 1 is 1.04 bits per heavy atom. The van der Waals surface area contributed by atoms with Crippen LogP contribution in [0.5, 0.6) is 0 Å². The number of halogens is 1. The van der Waals surface area contributed by atoms with Crippen LogP contribution in [0.2, 0.25) is 5.02 Å². The topological polar surface area (TPSA) is 154 Å². The van der Waals surface area contributed by atoms with Crippen LogP contribution in [0.25, 0.3) is 0 Å². The van der Waals surface area contributed by atoms with Crippen molar-refractivity contribution in [3.8, 4) is 0 Å². The lowest BCUT2D eigenvalue weighted by atomic mass is 9.73. The molecule has 4 rings (SSSR count). The molecule has 1 aromatic rings. The zero-order chi connectivity index (χ0) is 38.9. The standard InChI is InChI=1S/C38H56ClN3O10/c1-12-28-38(8)32(42(36(47)52-38)40-19-25-13-15-26(39)16-14-25)22(4)29(43)20(2)18-37(7,48-11)33(23(5)30(44)24(6)34(46)50-28)51-35-31(45)27(41(9)10)17-21(3)49-35/h13-16,19-24,27-28,31-33,35,45H,12,17-18H2,1-11H3/b40-19+/t20-,21-,22+,23+,24-,27+,28-,31-,32-,33-,35+,37-,38-/m1/s1. The van der Waals surface area contributed by atoms with Crippen LogP contribution in [-0.4, -0.2) is 120 Å². The minimum Gasteiger partial charge on any atom is -0.457 e. The van der Waals surface area contributed by atoms with E-state index >= 15 is 0 Å². The number of nitrogens with zero attached hydrogens (tertiary/aromatic N) is 3. The molecule has 52 heavy (non-hydrogen) atoms. The number of ether oxygens (including phenoxy) is 5. The van der Waals surface area contributed by atoms with Gasteiger partial charge in [-0.15, -0.1) is 0 Å². The Balaban J connectivity index is 1.80. The first-order chi connectivity index (χ1) is 24.3. The van der Waals surface area contributed by atoms with E-state index in [1.54, 1.807) is 65.8 Å². The molecule has 0 aliphatic carbocycles. The van der Waals surface area contributed by atoms with Crippen molar-refractivity contribution in [3.63, 3.8) is 0 Å². The van der Waals surface area contributed by atoms with E-state index in [0.29, 0.717) is 17.0 Å². The highest BCUT2D eigenvalue weighted by atomic mass is 35.5. The fraction of sp³-hybridized carbons (Fsp3) is 0.711. The number of hydrogen-bond acceptors (Lipinski definition) is 12. The highest BCUT2D eigenvalue weighted by Crippen LogP contribution is 2.43. The molecular weight excluding hydrogens is 694 g/mol. The van der Waals surface area contributed by atoms with Gasteiger partial charge in [-0.3, -0.25) is 14.4 Å². The monoisotopic (exact) mass is 749 g/mol. The van der Waals surface area contributed by atoms with Crippen molar-refractivity contribution in [2.75, 3.05) is 21.2 Å². The number of fused-ring (bicyclic) bond motifs is 1. The normalized spacial score (nSPS) is 39.7. The van der Waals surface area contributed by atoms with E-state index in [1.165, 1.54) is 20.2 Å². The lowest BCUT2D eigenvalue weighted by Gasteiger charge is -2.47. The van der Waals surface area contributed by atoms with Crippen LogP contribution in [0.15, 0.2) is 29.4 Å². The molecule has 1 aromatic carbocycles. The van der Waals surface area contributed by atoms with Gasteiger partial charge in [-0.1, -0.05) is 51.4 Å². The Morgan fingerprint density at radius 3 is 2.25 bits per heavy atom. The van der Waals surface area contributed by atoms with Gasteiger partial charge in [0.15, 0.2) is 17.7 Å². The second-order valence-electron chi connectivity index (χ2n) is 15.3. The molecule has 0 aromatic heterocycles. The number of cyclic esters (lactones) is 1. The largest absolute Gasteiger partial charge is 0.457 e. The number of benzene rings is 1. The predicted molar refractivity (Wildman–Crippen MR) is 194 cm³/mol. The van der Waals surface area contributed by atoms with Crippen LogP contribution in [0.3, 0.4) is 0 Å². The second kappa shape index (κ2) is 16.6. The van der Waals surface area contributed by atoms with Gasteiger partial charge in [0, 0.05) is 35.9 Å². The Morgan fingerprint density at radius 2 is 1.67 bits per heavy atom. The maximum atomic E-state index is 14.5. The van der Waals surface area contributed by atoms with Gasteiger partial charge in [-0.2, -0.15) is 10.1 Å². The molecule has 3 aliphatic heterocycles. The number of methoxy groups -OCH3 is 1. The smallest absolute Gasteiger partial charge is 0.431 e. The third-order valence-electron chi connectivity index (χ3n) is 11.2. The molecule has 3 fully saturated rings. The van der Waals surface area contributed by atoms with Crippen molar-refractivity contribution in [2.24, 2.45) is 28.8 Å². The minimum absolute atomic E-state index is 0.0900. The highest BCUT2D eigenvalue weighted by molar-refractivity contribution is 6.30. The Kier molecular flexibility index (Phi) is 13.4. The van der Waals surface area contributed by atoms with E-state index in [1.807, 2.05) is 25.9 Å². The van der Waals surface area contributed by atoms with Crippen LogP contribution in [-0.2, 0) is 38.1 Å². The predicted octanol–water partition coefficient (Wildman–Crippen LogP) is 4.88. The second-order valence-corrected chi connectivity index (χ2v) is 15.8. The van der Waals surface area contributed by atoms with E-state index in [4.69, 9.17) is 35.3 Å². The zero-order valence-electron chi connectivity index (χ0n) is 32.2. The maximum absolute atomic E-state index is 14.5. The summed E-state index contributed by atoms with van der Waals surface area (Å²) in [6.45, 7) is 13.6. The molecule has 1 N–H and O–H groups in total. The highest BCUT2D eigenvalue weighted by Gasteiger charge is 2.61. The van der Waals surface area contributed by atoms with E-state index in [-0.39, 0.29) is 30.8 Å². The molecule has 1 amide bonds. The van der Waals surface area contributed by atoms with Crippen molar-refractivity contribution in [2.45, 2.75) is 129 Å². The van der Waals surface area contributed by atoms with Gasteiger partial charge in [0.1, 0.15) is 30.0 Å². The number of aliphatic hydroxyl groups excluding tert-OH is 1. The maximum Gasteiger partial charge on any atom is 0.431 e. The number of carbonyl (C=O) groups excluding carboxylic acids is 4. The Labute approximate surface area is 312 Å². The fourth-order valence-electron chi connectivity index (χ4n) is 8.14. The SMILES string of the molecule is CC[C@H]1OC(=O)[C@H](C)C(=O)[C@H](C)[C@@H](O[C@@H]2O[C@H](C)C[C@H](N(C)C)[C@H]2O)[C@](C)(OC)C[C@@H](C)C(=O)[C@H](C)[C@H]2N(/N=C/c3ccc(Cl)cc3)C(=O)O[C@]12C. The Hall–Kier alpha value is -2.94. The first-order valence-corrected chi connectivity index (χ1v) is 18.5. The van der Waals surface area contributed by atoms with Crippen molar-refractivity contribution < 1.29 is 48.0 Å². The van der Waals surface area contributed by atoms with Crippen LogP contribution < -0.4 is 0 Å². The molecule has 3 saturated heterocycles. The van der Waals surface area contributed by atoms with Gasteiger partial charge in [0.25, 0.3) is 0 Å². The summed E-state index contributed by atoms with van der Waals surface area (Å²) in [5, 5.41) is 17.5. The number of ketones is 2. The molecule has 13 atom stereocenters. The van der Waals surface area contributed by atoms with Crippen molar-refractivity contribution >= 4 is 41.4 Å². The molecule has 0 bridgehead atoms. The quantitative estimate of drug-likeness (QED) is 0.231. The third-order valence-corrected chi connectivity index (χ3v) is 11.5. The third kappa shape index (κ3) is 8.39. The number of likely N-dealkylation sites (N-methyl/N-ethyl adjacent to an activating group) is 1. The molecule has 0 spiro atoms. The van der Waals surface area contributed by atoms with E-state index in [0.717, 1.165) is 5.01 Å². The first-order valence-electron chi connectivity index (χ1n) is 18.1. The summed E-state index contributed by atoms with van der Waals surface area (Å²) in [7, 11) is 5.19. The molecule has 14 heteroatoms. The molecule has 3 heterocycles. The summed E-state index contributed by atoms with van der Waals surface area (Å²) < 4.78 is 30.8. The van der Waals surface area contributed by atoms with Crippen LogP contribution >= 0.6 is 11.6 Å². The van der Waals surface area contributed by atoms with Gasteiger partial charge < -0.3 is 33.7 Å². The number of hydrogen-bond donors (Lipinski definition) is 1.